The van der Waals surface area contributed by atoms with Gasteiger partial charge in [-0.3, -0.25) is 4.79 Å². The second kappa shape index (κ2) is 42.6. The van der Waals surface area contributed by atoms with Crippen LogP contribution in [0.5, 0.6) is 0 Å². The van der Waals surface area contributed by atoms with Crippen molar-refractivity contribution in [1.82, 2.24) is 9.80 Å². The molecular formula is C105H126F12N2O11. The van der Waals surface area contributed by atoms with Gasteiger partial charge in [-0.1, -0.05) is 191 Å². The van der Waals surface area contributed by atoms with Crippen molar-refractivity contribution in [2.24, 2.45) is 0 Å². The maximum Gasteiger partial charge on any atom is 0.425 e. The van der Waals surface area contributed by atoms with Crippen LogP contribution in [0, 0.1) is 118 Å². The summed E-state index contributed by atoms with van der Waals surface area (Å²) in [6.07, 6.45) is -19.7. The number of hydrogen-bond donors (Lipinski definition) is 7. The molecule has 0 saturated carbocycles. The lowest BCUT2D eigenvalue weighted by atomic mass is 9.83. The second-order valence-corrected chi connectivity index (χ2v) is 32.0. The maximum atomic E-state index is 13.9. The predicted molar refractivity (Wildman–Crippen MR) is 496 cm³/mol. The summed E-state index contributed by atoms with van der Waals surface area (Å²) in [6, 6.07) is 31.5. The first-order chi connectivity index (χ1) is 60.2. The molecule has 4 unspecified atom stereocenters. The van der Waals surface area contributed by atoms with Gasteiger partial charge in [-0.25, -0.2) is 14.4 Å². The molecule has 0 spiro atoms. The van der Waals surface area contributed by atoms with Crippen LogP contribution in [0.3, 0.4) is 0 Å². The fourth-order valence-electron chi connectivity index (χ4n) is 17.6. The lowest BCUT2D eigenvalue weighted by Crippen LogP contribution is -2.42. The number of carboxylic acid groups (broad SMARTS) is 3. The zero-order valence-electron chi connectivity index (χ0n) is 80.7. The highest BCUT2D eigenvalue weighted by Gasteiger charge is 2.66. The summed E-state index contributed by atoms with van der Waals surface area (Å²) in [5.41, 5.74) is 1.81. The number of carbonyl (C=O) groups is 4. The van der Waals surface area contributed by atoms with Gasteiger partial charge in [-0.05, 0) is 310 Å². The van der Waals surface area contributed by atoms with Gasteiger partial charge in [-0.15, -0.1) is 0 Å². The molecule has 0 fully saturated rings. The molecule has 0 aromatic heterocycles. The van der Waals surface area contributed by atoms with Gasteiger partial charge in [0.15, 0.2) is 5.78 Å². The summed E-state index contributed by atoms with van der Waals surface area (Å²) in [5.74, 6) is -3.74. The number of aromatic carboxylic acids is 3. The molecule has 15 rings (SSSR count). The molecule has 10 aromatic carbocycles. The predicted octanol–water partition coefficient (Wildman–Crippen LogP) is 26.6. The smallest absolute Gasteiger partial charge is 0.425 e. The van der Waals surface area contributed by atoms with Crippen molar-refractivity contribution in [3.8, 4) is 55.6 Å². The minimum Gasteiger partial charge on any atom is -0.478 e. The number of alkyl halides is 12. The molecule has 706 valence electrons. The number of benzene rings is 10. The molecule has 0 amide bonds. The molecule has 25 heteroatoms. The Balaban J connectivity index is 0.000000325. The number of carboxylic acids is 3. The minimum absolute atomic E-state index is 0.0122. The number of fused-ring (bicyclic) bond motifs is 15. The Morgan fingerprint density at radius 2 is 0.400 bits per heavy atom. The van der Waals surface area contributed by atoms with Crippen LogP contribution in [-0.2, 0) is 22.4 Å². The molecule has 130 heavy (non-hydrogen) atoms. The molecule has 0 saturated heterocycles. The molecule has 0 aliphatic heterocycles. The van der Waals surface area contributed by atoms with Gasteiger partial charge in [0.25, 0.3) is 0 Å². The second-order valence-electron chi connectivity index (χ2n) is 32.0. The minimum atomic E-state index is -4.98. The number of nitrogens with zero attached hydrogens (tertiary/aromatic N) is 2. The van der Waals surface area contributed by atoms with Crippen LogP contribution in [0.1, 0.15) is 255 Å². The van der Waals surface area contributed by atoms with E-state index in [-0.39, 0.29) is 117 Å². The maximum absolute atomic E-state index is 13.9. The Morgan fingerprint density at radius 3 is 0.608 bits per heavy atom. The van der Waals surface area contributed by atoms with Crippen LogP contribution < -0.4 is 0 Å². The summed E-state index contributed by atoms with van der Waals surface area (Å²) < 4.78 is 166. The summed E-state index contributed by atoms with van der Waals surface area (Å²) in [7, 11) is 12.0. The Labute approximate surface area is 757 Å². The first-order valence-corrected chi connectivity index (χ1v) is 43.0. The van der Waals surface area contributed by atoms with Crippen molar-refractivity contribution in [2.45, 2.75) is 234 Å². The van der Waals surface area contributed by atoms with Crippen LogP contribution in [-0.4, -0.2) is 136 Å². The van der Waals surface area contributed by atoms with Gasteiger partial charge in [0.2, 0.25) is 22.4 Å². The van der Waals surface area contributed by atoms with Gasteiger partial charge in [0.05, 0.1) is 16.7 Å². The van der Waals surface area contributed by atoms with E-state index in [1.165, 1.54) is 104 Å². The van der Waals surface area contributed by atoms with E-state index in [4.69, 9.17) is 0 Å². The first-order valence-electron chi connectivity index (χ1n) is 43.0. The fraction of sp³-hybridized carbons (Fsp3) is 0.390. The van der Waals surface area contributed by atoms with Gasteiger partial charge < -0.3 is 45.5 Å². The monoisotopic (exact) mass is 1820 g/mol. The highest BCUT2D eigenvalue weighted by molar-refractivity contribution is 6.23. The average molecular weight is 1820 g/mol. The highest BCUT2D eigenvalue weighted by atomic mass is 19.4. The lowest BCUT2D eigenvalue weighted by molar-refractivity contribution is -0.247. The van der Waals surface area contributed by atoms with E-state index in [1.807, 2.05) is 153 Å². The van der Waals surface area contributed by atoms with Gasteiger partial charge in [-0.2, -0.15) is 52.7 Å². The Hall–Kier alpha value is -10.8. The van der Waals surface area contributed by atoms with E-state index in [2.05, 4.69) is 33.8 Å². The Morgan fingerprint density at radius 1 is 0.238 bits per heavy atom. The normalized spacial score (nSPS) is 16.5. The molecule has 0 heterocycles. The number of ketones is 1. The topological polar surface area (TPSA) is 216 Å². The zero-order chi connectivity index (χ0) is 101. The van der Waals surface area contributed by atoms with E-state index in [1.54, 1.807) is 85.7 Å². The summed E-state index contributed by atoms with van der Waals surface area (Å²) in [4.78, 5) is 51.2. The van der Waals surface area contributed by atoms with Gasteiger partial charge in [0.1, 0.15) is 0 Å². The lowest BCUT2D eigenvalue weighted by Gasteiger charge is -2.30. The molecule has 0 radical (unpaired) electrons. The number of carbonyl (C=O) groups excluding carboxylic acids is 1. The number of rotatable bonds is 3. The van der Waals surface area contributed by atoms with E-state index < -0.39 is 65.0 Å². The third-order valence-electron chi connectivity index (χ3n) is 24.1. The van der Waals surface area contributed by atoms with Gasteiger partial charge >= 0.3 is 42.6 Å². The van der Waals surface area contributed by atoms with Crippen molar-refractivity contribution in [1.29, 1.82) is 0 Å². The highest BCUT2D eigenvalue weighted by Crippen LogP contribution is 2.63. The fourth-order valence-corrected chi connectivity index (χ4v) is 17.6. The molecule has 5 aliphatic carbocycles. The van der Waals surface area contributed by atoms with Crippen molar-refractivity contribution in [2.75, 3.05) is 42.3 Å². The SMILES string of the molecule is CC.CC.CC.CC.CC.CN(C)C.CN(C)C.Cc1c(C)c(C)c2c(c1C)-c1ccccc1C2(O)C(F)(F)F.Cc1c(C)c(C)c2c(c1C)C(=O)c1ccccc1-2.Cc1c(C)c2c(c(C)c1C(=O)O)C(O)(C(F)(F)F)c1ccccc1-2.Cc1c(C)c2c(c(C)c1C(=O)O)C(O)(C(F)(F)F)c1ccccc1-2.Cc1c(C)c2c(c(C)c1C(=O)O)C(O)(C(F)(F)F)c1ccccc1-2. The average Bonchev–Trinajstić information content (AvgIpc) is 1.55. The Bertz CT molecular complexity index is 5530. The zero-order valence-corrected chi connectivity index (χ0v) is 80.7. The third kappa shape index (κ3) is 19.1. The number of hydrogen-bond acceptors (Lipinski definition) is 10. The van der Waals surface area contributed by atoms with Crippen molar-refractivity contribution >= 4 is 23.7 Å². The number of halogens is 12. The third-order valence-corrected chi connectivity index (χ3v) is 24.1. The van der Waals surface area contributed by atoms with Crippen LogP contribution in [0.25, 0.3) is 55.6 Å². The Kier molecular flexibility index (Phi) is 36.6. The van der Waals surface area contributed by atoms with Crippen molar-refractivity contribution in [3.63, 3.8) is 0 Å². The molecule has 13 nitrogen and oxygen atoms in total. The van der Waals surface area contributed by atoms with E-state index in [9.17, 15) is 108 Å². The first kappa shape index (κ1) is 112. The van der Waals surface area contributed by atoms with Crippen LogP contribution in [0.2, 0.25) is 0 Å². The van der Waals surface area contributed by atoms with Crippen molar-refractivity contribution in [3.05, 3.63) is 288 Å². The standard InChI is InChI=1S/3C18H15F3O3.C18H17F3O.C17H16O.2C3H9N.5C2H6/c3*1-8-9(2)14-11-6-4-5-7-12(11)17(24,18(19,20)21)15(14)10(3)13(8)16(22)23;1-9-10(2)12(4)16-15(11(9)3)13-7-5-6-8-14(13)17(16,22)18(19,20)21;1-9-10(2)12(4)16-15(11(9)3)13-7-5-6-8-14(13)17(16)18;2*1-4(2)3;5*1-2/h3*4-7,24H,1-3H3,(H,22,23);5-8,22H,1-4H3;5-8H,1-4H3;2*1-3H3;5*1-2H3. The van der Waals surface area contributed by atoms with Gasteiger partial charge in [0, 0.05) is 55.6 Å². The van der Waals surface area contributed by atoms with E-state index in [0.717, 1.165) is 44.5 Å². The molecule has 5 aliphatic rings. The number of aliphatic hydroxyl groups is 4. The molecule has 4 atom stereocenters. The van der Waals surface area contributed by atoms with E-state index >= 15 is 0 Å². The summed E-state index contributed by atoms with van der Waals surface area (Å²) in [5, 5.41) is 71.2. The van der Waals surface area contributed by atoms with Crippen LogP contribution in [0.15, 0.2) is 121 Å². The molecule has 10 aromatic rings. The van der Waals surface area contributed by atoms with Crippen LogP contribution >= 0.6 is 0 Å². The molecule has 0 bridgehead atoms. The largest absolute Gasteiger partial charge is 0.478 e. The molecule has 7 N–H and O–H groups in total. The summed E-state index contributed by atoms with van der Waals surface area (Å²) >= 11 is 0. The van der Waals surface area contributed by atoms with E-state index in [0.29, 0.717) is 50.1 Å². The molecular weight excluding hydrogens is 1690 g/mol. The van der Waals surface area contributed by atoms with Crippen molar-refractivity contribution < 1.29 is 108 Å². The quantitative estimate of drug-likeness (QED) is 0.0821. The van der Waals surface area contributed by atoms with Crippen LogP contribution in [0.4, 0.5) is 52.7 Å². The summed E-state index contributed by atoms with van der Waals surface area (Å²) in [6.45, 7) is 49.0.